The molecular weight excluding hydrogens is 378 g/mol. The number of rotatable bonds is 5. The highest BCUT2D eigenvalue weighted by atomic mass is 16.6. The molecular formula is C20H27N3O6. The molecule has 0 unspecified atom stereocenters. The number of carbonyl (C=O) groups excluding carboxylic acids is 2. The molecule has 0 radical (unpaired) electrons. The average molecular weight is 405 g/mol. The van der Waals surface area contributed by atoms with E-state index in [1.54, 1.807) is 11.0 Å². The van der Waals surface area contributed by atoms with Gasteiger partial charge < -0.3 is 19.3 Å². The van der Waals surface area contributed by atoms with Crippen LogP contribution in [0.25, 0.3) is 0 Å². The van der Waals surface area contributed by atoms with E-state index in [0.717, 1.165) is 19.3 Å². The normalized spacial score (nSPS) is 22.3. The van der Waals surface area contributed by atoms with E-state index in [9.17, 15) is 19.7 Å². The van der Waals surface area contributed by atoms with Gasteiger partial charge in [0.25, 0.3) is 11.6 Å². The Morgan fingerprint density at radius 3 is 2.48 bits per heavy atom. The first-order valence-electron chi connectivity index (χ1n) is 9.98. The second-order valence-electron chi connectivity index (χ2n) is 7.57. The van der Waals surface area contributed by atoms with Crippen LogP contribution in [0.15, 0.2) is 18.2 Å². The number of nitro groups is 1. The number of likely N-dealkylation sites (tertiary alicyclic amines) is 1. The van der Waals surface area contributed by atoms with Crippen LogP contribution in [0.2, 0.25) is 0 Å². The lowest BCUT2D eigenvalue weighted by molar-refractivity contribution is -0.384. The largest absolute Gasteiger partial charge is 0.452 e. The summed E-state index contributed by atoms with van der Waals surface area (Å²) in [7, 11) is 0. The lowest BCUT2D eigenvalue weighted by Crippen LogP contribution is -2.49. The first kappa shape index (κ1) is 21.0. The van der Waals surface area contributed by atoms with E-state index >= 15 is 0 Å². The van der Waals surface area contributed by atoms with Gasteiger partial charge in [0.15, 0.2) is 6.61 Å². The predicted octanol–water partition coefficient (Wildman–Crippen LogP) is 2.38. The van der Waals surface area contributed by atoms with E-state index in [1.165, 1.54) is 12.1 Å². The Labute approximate surface area is 169 Å². The van der Waals surface area contributed by atoms with Crippen LogP contribution in [0, 0.1) is 10.1 Å². The van der Waals surface area contributed by atoms with Gasteiger partial charge in [0.05, 0.1) is 23.7 Å². The smallest absolute Gasteiger partial charge is 0.338 e. The summed E-state index contributed by atoms with van der Waals surface area (Å²) in [6, 6.07) is 4.48. The maximum atomic E-state index is 12.5. The Morgan fingerprint density at radius 1 is 1.21 bits per heavy atom. The van der Waals surface area contributed by atoms with Gasteiger partial charge in [0.2, 0.25) is 0 Å². The van der Waals surface area contributed by atoms with Crippen LogP contribution in [-0.4, -0.2) is 66.7 Å². The maximum absolute atomic E-state index is 12.5. The van der Waals surface area contributed by atoms with Crippen molar-refractivity contribution in [3.05, 3.63) is 33.9 Å². The SMILES string of the molecule is C[C@@H]1CCC[C@@H](C)N1C(=O)COC(=O)c1ccc(N2CCOCC2)c([N+](=O)[O-])c1. The number of ether oxygens (including phenoxy) is 2. The number of piperidine rings is 1. The molecule has 158 valence electrons. The molecule has 0 spiro atoms. The van der Waals surface area contributed by atoms with E-state index in [1.807, 2.05) is 18.7 Å². The Balaban J connectivity index is 1.68. The van der Waals surface area contributed by atoms with Crippen LogP contribution in [0.5, 0.6) is 0 Å². The molecule has 0 aromatic heterocycles. The summed E-state index contributed by atoms with van der Waals surface area (Å²) in [5, 5.41) is 11.5. The molecule has 1 aromatic carbocycles. The van der Waals surface area contributed by atoms with Crippen molar-refractivity contribution >= 4 is 23.3 Å². The summed E-state index contributed by atoms with van der Waals surface area (Å²) in [6.45, 7) is 5.70. The summed E-state index contributed by atoms with van der Waals surface area (Å²) < 4.78 is 10.5. The summed E-state index contributed by atoms with van der Waals surface area (Å²) in [5.41, 5.74) is 0.342. The molecule has 9 nitrogen and oxygen atoms in total. The van der Waals surface area contributed by atoms with Gasteiger partial charge in [-0.3, -0.25) is 14.9 Å². The zero-order chi connectivity index (χ0) is 21.0. The first-order valence-corrected chi connectivity index (χ1v) is 9.98. The molecule has 0 N–H and O–H groups in total. The van der Waals surface area contributed by atoms with Crippen molar-refractivity contribution in [2.24, 2.45) is 0 Å². The summed E-state index contributed by atoms with van der Waals surface area (Å²) in [6.07, 6.45) is 2.93. The van der Waals surface area contributed by atoms with E-state index in [0.29, 0.717) is 32.0 Å². The lowest BCUT2D eigenvalue weighted by atomic mass is 9.97. The van der Waals surface area contributed by atoms with Crippen LogP contribution in [0.3, 0.4) is 0 Å². The third-order valence-electron chi connectivity index (χ3n) is 5.57. The molecule has 2 aliphatic heterocycles. The highest BCUT2D eigenvalue weighted by Crippen LogP contribution is 2.30. The highest BCUT2D eigenvalue weighted by molar-refractivity contribution is 5.93. The molecule has 0 saturated carbocycles. The van der Waals surface area contributed by atoms with Crippen molar-refractivity contribution < 1.29 is 24.0 Å². The molecule has 9 heteroatoms. The molecule has 2 atom stereocenters. The minimum absolute atomic E-state index is 0.0567. The average Bonchev–Trinajstić information content (AvgIpc) is 2.72. The second-order valence-corrected chi connectivity index (χ2v) is 7.57. The van der Waals surface area contributed by atoms with Gasteiger partial charge in [0.1, 0.15) is 5.69 Å². The van der Waals surface area contributed by atoms with E-state index in [-0.39, 0.29) is 35.8 Å². The number of anilines is 1. The number of esters is 1. The third kappa shape index (κ3) is 4.84. The van der Waals surface area contributed by atoms with Gasteiger partial charge in [-0.15, -0.1) is 0 Å². The van der Waals surface area contributed by atoms with Gasteiger partial charge in [-0.1, -0.05) is 0 Å². The van der Waals surface area contributed by atoms with Crippen molar-refractivity contribution in [2.45, 2.75) is 45.2 Å². The first-order chi connectivity index (χ1) is 13.9. The van der Waals surface area contributed by atoms with Gasteiger partial charge in [-0.2, -0.15) is 0 Å². The molecule has 2 fully saturated rings. The summed E-state index contributed by atoms with van der Waals surface area (Å²) in [5.74, 6) is -0.982. The number of hydrogen-bond acceptors (Lipinski definition) is 7. The van der Waals surface area contributed by atoms with Crippen molar-refractivity contribution in [1.82, 2.24) is 4.90 Å². The van der Waals surface area contributed by atoms with Crippen molar-refractivity contribution in [1.29, 1.82) is 0 Å². The van der Waals surface area contributed by atoms with Gasteiger partial charge in [0, 0.05) is 31.2 Å². The summed E-state index contributed by atoms with van der Waals surface area (Å²) in [4.78, 5) is 39.6. The molecule has 2 saturated heterocycles. The fourth-order valence-electron chi connectivity index (χ4n) is 4.07. The van der Waals surface area contributed by atoms with Gasteiger partial charge in [-0.05, 0) is 45.2 Å². The quantitative estimate of drug-likeness (QED) is 0.421. The van der Waals surface area contributed by atoms with Crippen molar-refractivity contribution in [2.75, 3.05) is 37.8 Å². The zero-order valence-electron chi connectivity index (χ0n) is 16.8. The topological polar surface area (TPSA) is 102 Å². The molecule has 0 aliphatic carbocycles. The van der Waals surface area contributed by atoms with Crippen LogP contribution >= 0.6 is 0 Å². The minimum atomic E-state index is -0.743. The summed E-state index contributed by atoms with van der Waals surface area (Å²) >= 11 is 0. The zero-order valence-corrected chi connectivity index (χ0v) is 16.8. The second kappa shape index (κ2) is 9.21. The van der Waals surface area contributed by atoms with Crippen LogP contribution in [-0.2, 0) is 14.3 Å². The Hall–Kier alpha value is -2.68. The molecule has 1 amide bonds. The Kier molecular flexibility index (Phi) is 6.68. The fourth-order valence-corrected chi connectivity index (χ4v) is 4.07. The highest BCUT2D eigenvalue weighted by Gasteiger charge is 2.30. The van der Waals surface area contributed by atoms with Crippen molar-refractivity contribution in [3.63, 3.8) is 0 Å². The monoisotopic (exact) mass is 405 g/mol. The third-order valence-corrected chi connectivity index (χ3v) is 5.57. The number of hydrogen-bond donors (Lipinski definition) is 0. The Morgan fingerprint density at radius 2 is 1.86 bits per heavy atom. The van der Waals surface area contributed by atoms with Crippen LogP contribution < -0.4 is 4.90 Å². The minimum Gasteiger partial charge on any atom is -0.452 e. The number of nitrogens with zero attached hydrogens (tertiary/aromatic N) is 3. The maximum Gasteiger partial charge on any atom is 0.338 e. The molecule has 3 rings (SSSR count). The molecule has 1 aromatic rings. The fraction of sp³-hybridized carbons (Fsp3) is 0.600. The number of amides is 1. The molecule has 0 bridgehead atoms. The molecule has 29 heavy (non-hydrogen) atoms. The predicted molar refractivity (Wildman–Crippen MR) is 106 cm³/mol. The van der Waals surface area contributed by atoms with E-state index in [4.69, 9.17) is 9.47 Å². The molecule has 2 aliphatic rings. The van der Waals surface area contributed by atoms with Gasteiger partial charge >= 0.3 is 5.97 Å². The van der Waals surface area contributed by atoms with E-state index in [2.05, 4.69) is 0 Å². The van der Waals surface area contributed by atoms with Gasteiger partial charge in [-0.25, -0.2) is 4.79 Å². The van der Waals surface area contributed by atoms with Crippen LogP contribution in [0.4, 0.5) is 11.4 Å². The number of morpholine rings is 1. The van der Waals surface area contributed by atoms with Crippen molar-refractivity contribution in [3.8, 4) is 0 Å². The Bertz CT molecular complexity index is 767. The van der Waals surface area contributed by atoms with E-state index < -0.39 is 10.9 Å². The molecule has 2 heterocycles. The number of carbonyl (C=O) groups is 2. The lowest BCUT2D eigenvalue weighted by Gasteiger charge is -2.38. The van der Waals surface area contributed by atoms with Crippen LogP contribution in [0.1, 0.15) is 43.5 Å². The number of benzene rings is 1. The standard InChI is InChI=1S/C20H27N3O6/c1-14-4-3-5-15(2)22(14)19(24)13-29-20(25)16-6-7-17(18(12-16)23(26)27)21-8-10-28-11-9-21/h6-7,12,14-15H,3-5,8-11,13H2,1-2H3/t14-,15-/m1/s1. The number of nitro benzene ring substituents is 1.